The maximum Gasteiger partial charge on any atom is 0.143 e. The largest absolute Gasteiger partial charge is 0.308 e. The smallest absolute Gasteiger partial charge is 0.143 e. The van der Waals surface area contributed by atoms with Gasteiger partial charge in [0.25, 0.3) is 0 Å². The second kappa shape index (κ2) is 5.25. The van der Waals surface area contributed by atoms with E-state index in [1.165, 1.54) is 25.7 Å². The van der Waals surface area contributed by atoms with Crippen LogP contribution in [-0.4, -0.2) is 9.97 Å². The number of hydrogen-bond acceptors (Lipinski definition) is 4. The van der Waals surface area contributed by atoms with Crippen LogP contribution in [0.2, 0.25) is 0 Å². The summed E-state index contributed by atoms with van der Waals surface area (Å²) in [6.45, 7) is 2.16. The predicted molar refractivity (Wildman–Crippen MR) is 65.0 cm³/mol. The van der Waals surface area contributed by atoms with Crippen LogP contribution in [0.1, 0.15) is 56.5 Å². The monoisotopic (exact) mass is 220 g/mol. The summed E-state index contributed by atoms with van der Waals surface area (Å²) in [6.07, 6.45) is 7.15. The molecule has 1 aromatic rings. The first-order chi connectivity index (χ1) is 7.83. The van der Waals surface area contributed by atoms with Gasteiger partial charge in [0.2, 0.25) is 0 Å². The van der Waals surface area contributed by atoms with Crippen molar-refractivity contribution in [2.24, 2.45) is 5.84 Å². The fourth-order valence-corrected chi connectivity index (χ4v) is 2.34. The molecule has 1 aliphatic carbocycles. The van der Waals surface area contributed by atoms with Gasteiger partial charge in [-0.05, 0) is 19.3 Å². The van der Waals surface area contributed by atoms with Crippen LogP contribution in [0.4, 0.5) is 5.82 Å². The quantitative estimate of drug-likeness (QED) is 0.604. The number of hydrogen-bond donors (Lipinski definition) is 2. The normalized spacial score (nSPS) is 16.6. The number of anilines is 1. The summed E-state index contributed by atoms with van der Waals surface area (Å²) in [7, 11) is 0. The molecule has 0 aromatic carbocycles. The highest BCUT2D eigenvalue weighted by Gasteiger charge is 2.20. The first-order valence-corrected chi connectivity index (χ1v) is 6.18. The molecule has 0 radical (unpaired) electrons. The second-order valence-electron chi connectivity index (χ2n) is 4.48. The van der Waals surface area contributed by atoms with Gasteiger partial charge < -0.3 is 5.43 Å². The van der Waals surface area contributed by atoms with E-state index in [1.54, 1.807) is 0 Å². The molecule has 1 aliphatic rings. The molecule has 1 saturated carbocycles. The van der Waals surface area contributed by atoms with Crippen molar-refractivity contribution in [3.63, 3.8) is 0 Å². The van der Waals surface area contributed by atoms with Crippen molar-refractivity contribution in [3.8, 4) is 0 Å². The van der Waals surface area contributed by atoms with Crippen molar-refractivity contribution in [1.29, 1.82) is 0 Å². The van der Waals surface area contributed by atoms with Crippen LogP contribution in [0.3, 0.4) is 0 Å². The van der Waals surface area contributed by atoms with Gasteiger partial charge in [-0.2, -0.15) is 0 Å². The summed E-state index contributed by atoms with van der Waals surface area (Å²) in [4.78, 5) is 9.12. The number of nitrogen functional groups attached to an aromatic ring is 1. The van der Waals surface area contributed by atoms with Gasteiger partial charge in [0.05, 0.1) is 0 Å². The lowest BCUT2D eigenvalue weighted by Crippen LogP contribution is -2.13. The van der Waals surface area contributed by atoms with E-state index < -0.39 is 0 Å². The van der Waals surface area contributed by atoms with Gasteiger partial charge in [-0.25, -0.2) is 15.8 Å². The van der Waals surface area contributed by atoms with Gasteiger partial charge in [0, 0.05) is 17.7 Å². The maximum absolute atomic E-state index is 5.44. The van der Waals surface area contributed by atoms with Crippen molar-refractivity contribution in [2.45, 2.75) is 51.4 Å². The van der Waals surface area contributed by atoms with Crippen molar-refractivity contribution in [3.05, 3.63) is 17.6 Å². The van der Waals surface area contributed by atoms with Crippen LogP contribution in [0.5, 0.6) is 0 Å². The number of hydrazine groups is 1. The van der Waals surface area contributed by atoms with E-state index in [9.17, 15) is 0 Å². The Kier molecular flexibility index (Phi) is 3.72. The molecule has 0 amide bonds. The molecule has 0 spiro atoms. The second-order valence-corrected chi connectivity index (χ2v) is 4.48. The third-order valence-electron chi connectivity index (χ3n) is 3.17. The van der Waals surface area contributed by atoms with Crippen LogP contribution in [0, 0.1) is 0 Å². The fraction of sp³-hybridized carbons (Fsp3) is 0.667. The lowest BCUT2D eigenvalue weighted by Gasteiger charge is -2.11. The van der Waals surface area contributed by atoms with E-state index >= 15 is 0 Å². The van der Waals surface area contributed by atoms with Crippen LogP contribution < -0.4 is 11.3 Å². The molecule has 3 N–H and O–H groups in total. The number of rotatable bonds is 4. The van der Waals surface area contributed by atoms with Gasteiger partial charge in [-0.1, -0.05) is 26.2 Å². The number of nitrogens with zero attached hydrogens (tertiary/aromatic N) is 2. The molecule has 0 saturated heterocycles. The first kappa shape index (κ1) is 11.3. The molecule has 0 aliphatic heterocycles. The molecule has 0 bridgehead atoms. The molecule has 4 nitrogen and oxygen atoms in total. The number of nitrogens with one attached hydrogen (secondary N) is 1. The van der Waals surface area contributed by atoms with Gasteiger partial charge >= 0.3 is 0 Å². The minimum Gasteiger partial charge on any atom is -0.308 e. The van der Waals surface area contributed by atoms with E-state index in [0.29, 0.717) is 5.92 Å². The van der Waals surface area contributed by atoms with E-state index in [1.807, 2.05) is 6.07 Å². The summed E-state index contributed by atoms with van der Waals surface area (Å²) in [6, 6.07) is 1.95. The van der Waals surface area contributed by atoms with E-state index in [4.69, 9.17) is 5.84 Å². The van der Waals surface area contributed by atoms with Crippen LogP contribution in [0.15, 0.2) is 6.07 Å². The molecular formula is C12H20N4. The Morgan fingerprint density at radius 2 is 2.12 bits per heavy atom. The van der Waals surface area contributed by atoms with Gasteiger partial charge in [0.1, 0.15) is 11.6 Å². The Bertz CT molecular complexity index is 345. The predicted octanol–water partition coefficient (Wildman–Crippen LogP) is 2.37. The molecule has 0 atom stereocenters. The summed E-state index contributed by atoms with van der Waals surface area (Å²) in [5.74, 6) is 7.72. The molecule has 4 heteroatoms. The molecule has 0 unspecified atom stereocenters. The third-order valence-corrected chi connectivity index (χ3v) is 3.17. The summed E-state index contributed by atoms with van der Waals surface area (Å²) in [5, 5.41) is 0. The third kappa shape index (κ3) is 2.50. The average Bonchev–Trinajstić information content (AvgIpc) is 2.82. The maximum atomic E-state index is 5.44. The Balaban J connectivity index is 2.24. The van der Waals surface area contributed by atoms with Crippen molar-refractivity contribution in [1.82, 2.24) is 9.97 Å². The Labute approximate surface area is 96.6 Å². The van der Waals surface area contributed by atoms with Gasteiger partial charge in [0.15, 0.2) is 0 Å². The number of aromatic nitrogens is 2. The zero-order valence-corrected chi connectivity index (χ0v) is 9.87. The average molecular weight is 220 g/mol. The molecule has 1 fully saturated rings. The zero-order chi connectivity index (χ0) is 11.4. The number of nitrogens with two attached hydrogens (primary N) is 1. The standard InChI is InChI=1S/C12H20N4/c1-2-5-10-8-11(16-13)15-12(14-10)9-6-3-4-7-9/h8-9H,2-7,13H2,1H3,(H,14,15,16). The summed E-state index contributed by atoms with van der Waals surface area (Å²) >= 11 is 0. The minimum absolute atomic E-state index is 0.545. The van der Waals surface area contributed by atoms with E-state index in [0.717, 1.165) is 30.2 Å². The highest BCUT2D eigenvalue weighted by Crippen LogP contribution is 2.32. The first-order valence-electron chi connectivity index (χ1n) is 6.18. The molecule has 2 rings (SSSR count). The molecule has 88 valence electrons. The summed E-state index contributed by atoms with van der Waals surface area (Å²) < 4.78 is 0. The SMILES string of the molecule is CCCc1cc(NN)nc(C2CCCC2)n1. The Morgan fingerprint density at radius 1 is 1.38 bits per heavy atom. The van der Waals surface area contributed by atoms with Gasteiger partial charge in [-0.15, -0.1) is 0 Å². The van der Waals surface area contributed by atoms with Crippen molar-refractivity contribution < 1.29 is 0 Å². The van der Waals surface area contributed by atoms with Crippen LogP contribution in [-0.2, 0) is 6.42 Å². The Hall–Kier alpha value is -1.16. The highest BCUT2D eigenvalue weighted by atomic mass is 15.3. The minimum atomic E-state index is 0.545. The summed E-state index contributed by atoms with van der Waals surface area (Å²) in [5.41, 5.74) is 3.74. The Morgan fingerprint density at radius 3 is 2.75 bits per heavy atom. The molecule has 1 heterocycles. The van der Waals surface area contributed by atoms with Gasteiger partial charge in [-0.3, -0.25) is 0 Å². The van der Waals surface area contributed by atoms with Crippen LogP contribution >= 0.6 is 0 Å². The van der Waals surface area contributed by atoms with Crippen molar-refractivity contribution >= 4 is 5.82 Å². The van der Waals surface area contributed by atoms with Crippen LogP contribution in [0.25, 0.3) is 0 Å². The van der Waals surface area contributed by atoms with E-state index in [-0.39, 0.29) is 0 Å². The lowest BCUT2D eigenvalue weighted by atomic mass is 10.1. The topological polar surface area (TPSA) is 63.8 Å². The lowest BCUT2D eigenvalue weighted by molar-refractivity contribution is 0.659. The van der Waals surface area contributed by atoms with Crippen molar-refractivity contribution in [2.75, 3.05) is 5.43 Å². The molecule has 1 aromatic heterocycles. The number of aryl methyl sites for hydroxylation is 1. The molecular weight excluding hydrogens is 200 g/mol. The fourth-order valence-electron chi connectivity index (χ4n) is 2.34. The van der Waals surface area contributed by atoms with E-state index in [2.05, 4.69) is 22.3 Å². The molecule has 16 heavy (non-hydrogen) atoms. The zero-order valence-electron chi connectivity index (χ0n) is 9.87. The highest BCUT2D eigenvalue weighted by molar-refractivity contribution is 5.35.